The monoisotopic (exact) mass is 979 g/mol. The average Bonchev–Trinajstić information content (AvgIpc) is 3.93. The molecule has 0 aliphatic carbocycles. The lowest BCUT2D eigenvalue weighted by atomic mass is 10.0. The van der Waals surface area contributed by atoms with E-state index in [2.05, 4.69) is 40.9 Å². The van der Waals surface area contributed by atoms with Gasteiger partial charge in [-0.05, 0) is 72.3 Å². The number of hydrogen-bond donors (Lipinski definition) is 9. The van der Waals surface area contributed by atoms with E-state index in [4.69, 9.17) is 20.0 Å². The normalized spacial score (nSPS) is 17.8. The van der Waals surface area contributed by atoms with Crippen LogP contribution < -0.4 is 27.0 Å². The van der Waals surface area contributed by atoms with Gasteiger partial charge in [-0.25, -0.2) is 9.55 Å². The summed E-state index contributed by atoms with van der Waals surface area (Å²) in [6.45, 7) is 13.4. The molecule has 0 spiro atoms. The van der Waals surface area contributed by atoms with Gasteiger partial charge in [-0.2, -0.15) is 0 Å². The van der Waals surface area contributed by atoms with Crippen LogP contribution in [-0.2, 0) is 65.0 Å². The number of aliphatic hydroxyl groups is 1. The van der Waals surface area contributed by atoms with Crippen molar-refractivity contribution in [3.05, 3.63) is 54.1 Å². The lowest BCUT2D eigenvalue weighted by Gasteiger charge is -2.30. The molecular weight excluding hydrogens is 910 g/mol. The third-order valence-corrected chi connectivity index (χ3v) is 11.0. The van der Waals surface area contributed by atoms with Crippen LogP contribution >= 0.6 is 7.82 Å². The van der Waals surface area contributed by atoms with E-state index < -0.39 is 103 Å². The highest BCUT2D eigenvalue weighted by molar-refractivity contribution is 7.46. The molecule has 1 saturated heterocycles. The van der Waals surface area contributed by atoms with E-state index in [1.54, 1.807) is 6.21 Å². The maximum atomic E-state index is 14.3. The van der Waals surface area contributed by atoms with Crippen molar-refractivity contribution in [2.75, 3.05) is 26.4 Å². The molecule has 68 heavy (non-hydrogen) atoms. The lowest BCUT2D eigenvalue weighted by molar-refractivity contribution is -0.143. The van der Waals surface area contributed by atoms with Crippen molar-refractivity contribution in [2.45, 2.75) is 148 Å². The number of primary amides is 1. The molecular formula is C44H70N9O14P. The van der Waals surface area contributed by atoms with E-state index in [0.29, 0.717) is 12.1 Å². The second-order valence-corrected chi connectivity index (χ2v) is 19.8. The number of carbonyl (C=O) groups is 6. The molecule has 1 aromatic heterocycles. The van der Waals surface area contributed by atoms with E-state index >= 15 is 0 Å². The SMILES string of the molecule is CC(C)C[C@H](NC(=O)[C@@H]1C[C@@H](O/N=C\CCc2ccccc2)CN1C(=O)CCOC(C)(C)COC(C)(C)C)C(=O)N[C@@H](Cc1cnc[nH]1)C(=O)N[C@@H](CO)C(=O)N[C@H](C(N)=O)C(C)OP(=O)(O)O. The smallest absolute Gasteiger partial charge is 0.394 e. The van der Waals surface area contributed by atoms with Crippen LogP contribution in [0.1, 0.15) is 92.3 Å². The van der Waals surface area contributed by atoms with Crippen molar-refractivity contribution in [3.63, 3.8) is 0 Å². The fourth-order valence-electron chi connectivity index (χ4n) is 6.93. The van der Waals surface area contributed by atoms with Crippen molar-refractivity contribution in [3.8, 4) is 0 Å². The Bertz CT molecular complexity index is 2030. The molecule has 0 saturated carbocycles. The summed E-state index contributed by atoms with van der Waals surface area (Å²) in [4.78, 5) is 114. The molecule has 1 aromatic carbocycles. The molecule has 24 heteroatoms. The predicted octanol–water partition coefficient (Wildman–Crippen LogP) is 0.518. The van der Waals surface area contributed by atoms with Gasteiger partial charge in [0, 0.05) is 30.9 Å². The number of aromatic amines is 1. The van der Waals surface area contributed by atoms with Crippen molar-refractivity contribution in [1.29, 1.82) is 0 Å². The number of ether oxygens (including phenoxy) is 2. The van der Waals surface area contributed by atoms with Gasteiger partial charge in [0.1, 0.15) is 36.3 Å². The minimum Gasteiger partial charge on any atom is -0.394 e. The van der Waals surface area contributed by atoms with Gasteiger partial charge in [-0.15, -0.1) is 0 Å². The maximum Gasteiger partial charge on any atom is 0.469 e. The Balaban J connectivity index is 1.81. The number of aromatic nitrogens is 2. The summed E-state index contributed by atoms with van der Waals surface area (Å²) in [5.74, 6) is -5.43. The second-order valence-electron chi connectivity index (χ2n) is 18.6. The van der Waals surface area contributed by atoms with Gasteiger partial charge >= 0.3 is 7.82 Å². The summed E-state index contributed by atoms with van der Waals surface area (Å²) >= 11 is 0. The molecule has 23 nitrogen and oxygen atoms in total. The van der Waals surface area contributed by atoms with E-state index in [-0.39, 0.29) is 51.4 Å². The third kappa shape index (κ3) is 20.5. The number of phosphoric acid groups is 1. The van der Waals surface area contributed by atoms with Crippen molar-refractivity contribution in [2.24, 2.45) is 16.8 Å². The molecule has 380 valence electrons. The van der Waals surface area contributed by atoms with Gasteiger partial charge in [0.05, 0.1) is 56.4 Å². The Labute approximate surface area is 396 Å². The maximum absolute atomic E-state index is 14.3. The number of H-pyrrole nitrogens is 1. The Morgan fingerprint density at radius 3 is 2.19 bits per heavy atom. The van der Waals surface area contributed by atoms with Gasteiger partial charge in [0.25, 0.3) is 0 Å². The predicted molar refractivity (Wildman–Crippen MR) is 247 cm³/mol. The van der Waals surface area contributed by atoms with Crippen LogP contribution in [0.15, 0.2) is 48.0 Å². The average molecular weight is 980 g/mol. The highest BCUT2D eigenvalue weighted by atomic mass is 31.2. The lowest BCUT2D eigenvalue weighted by Crippen LogP contribution is -2.61. The molecule has 3 rings (SSSR count). The first-order valence-corrected chi connectivity index (χ1v) is 23.9. The zero-order valence-electron chi connectivity index (χ0n) is 40.0. The first kappa shape index (κ1) is 57.0. The number of rotatable bonds is 28. The number of benzene rings is 1. The Morgan fingerprint density at radius 2 is 1.60 bits per heavy atom. The standard InChI is InChI=1S/C44H70N9O14P/c1-27(2)19-32(39(57)49-33(20-30-22-46-26-47-30)40(58)51-34(24-54)41(59)52-37(38(45)56)28(3)67-68(61,62)63)50-42(60)35-21-31(66-48-17-12-15-29-13-10-9-11-14-29)23-53(35)36(55)16-18-64-44(7,8)25-65-43(4,5)6/h9-11,13-14,17,22,26-28,31-35,37,54H,12,15-16,18-21,23-25H2,1-8H3,(H2,45,56)(H,46,47)(H,49,57)(H,50,60)(H,51,58)(H,52,59)(H2,61,62,63)/b48-17-/t28?,31-,32+,33+,34+,35+,37+/m1/s1. The van der Waals surface area contributed by atoms with Gasteiger partial charge in [-0.1, -0.05) is 49.3 Å². The second kappa shape index (κ2) is 26.5. The largest absolute Gasteiger partial charge is 0.469 e. The Kier molecular flexibility index (Phi) is 22.2. The van der Waals surface area contributed by atoms with Crippen LogP contribution in [-0.4, -0.2) is 151 Å². The number of carbonyl (C=O) groups excluding carboxylic acids is 6. The molecule has 0 bridgehead atoms. The summed E-state index contributed by atoms with van der Waals surface area (Å²) in [6, 6.07) is 2.47. The first-order chi connectivity index (χ1) is 31.8. The van der Waals surface area contributed by atoms with Gasteiger partial charge < -0.3 is 66.1 Å². The third-order valence-electron chi connectivity index (χ3n) is 10.4. The van der Waals surface area contributed by atoms with Crippen molar-refractivity contribution in [1.82, 2.24) is 36.1 Å². The Morgan fingerprint density at radius 1 is 0.956 bits per heavy atom. The number of oxime groups is 1. The van der Waals surface area contributed by atoms with Crippen LogP contribution in [0, 0.1) is 5.92 Å². The van der Waals surface area contributed by atoms with Crippen LogP contribution in [0.4, 0.5) is 0 Å². The number of amides is 6. The summed E-state index contributed by atoms with van der Waals surface area (Å²) in [5.41, 5.74) is 5.70. The van der Waals surface area contributed by atoms with E-state index in [1.165, 1.54) is 17.4 Å². The fourth-order valence-corrected chi connectivity index (χ4v) is 7.49. The number of likely N-dealkylation sites (tertiary alicyclic amines) is 1. The minimum atomic E-state index is -5.13. The number of nitrogens with zero attached hydrogens (tertiary/aromatic N) is 3. The summed E-state index contributed by atoms with van der Waals surface area (Å²) < 4.78 is 27.8. The highest BCUT2D eigenvalue weighted by Crippen LogP contribution is 2.38. The highest BCUT2D eigenvalue weighted by Gasteiger charge is 2.42. The first-order valence-electron chi connectivity index (χ1n) is 22.4. The molecule has 10 N–H and O–H groups in total. The van der Waals surface area contributed by atoms with E-state index in [0.717, 1.165) is 18.9 Å². The number of imidazole rings is 1. The molecule has 6 amide bonds. The molecule has 2 aromatic rings. The van der Waals surface area contributed by atoms with E-state index in [1.807, 2.05) is 78.8 Å². The topological polar surface area (TPSA) is 336 Å². The van der Waals surface area contributed by atoms with Gasteiger partial charge in [0.15, 0.2) is 0 Å². The minimum absolute atomic E-state index is 0.0202. The Hall–Kier alpha value is -5.29. The molecule has 7 atom stereocenters. The molecule has 2 heterocycles. The van der Waals surface area contributed by atoms with Crippen LogP contribution in [0.25, 0.3) is 0 Å². The number of phosphoric ester groups is 1. The zero-order valence-corrected chi connectivity index (χ0v) is 40.9. The number of nitrogens with one attached hydrogen (secondary N) is 5. The summed E-state index contributed by atoms with van der Waals surface area (Å²) in [6.07, 6.45) is 3.20. The van der Waals surface area contributed by atoms with Gasteiger partial charge in [0.2, 0.25) is 35.4 Å². The number of aliphatic hydroxyl groups excluding tert-OH is 1. The fraction of sp³-hybridized carbons (Fsp3) is 0.636. The molecule has 1 aliphatic rings. The number of hydrogen-bond acceptors (Lipinski definition) is 14. The van der Waals surface area contributed by atoms with Crippen LogP contribution in [0.5, 0.6) is 0 Å². The van der Waals surface area contributed by atoms with Gasteiger partial charge in [-0.3, -0.25) is 33.3 Å². The summed E-state index contributed by atoms with van der Waals surface area (Å²) in [7, 11) is -5.13. The molecule has 1 aliphatic heterocycles. The van der Waals surface area contributed by atoms with Crippen molar-refractivity contribution < 1.29 is 67.1 Å². The molecule has 1 fully saturated rings. The molecule has 1 unspecified atom stereocenters. The number of nitrogens with two attached hydrogens (primary N) is 1. The van der Waals surface area contributed by atoms with Crippen LogP contribution in [0.2, 0.25) is 0 Å². The van der Waals surface area contributed by atoms with Crippen molar-refractivity contribution >= 4 is 49.5 Å². The number of aryl methyl sites for hydroxylation is 1. The molecule has 0 radical (unpaired) electrons. The zero-order chi connectivity index (χ0) is 50.8. The van der Waals surface area contributed by atoms with Crippen LogP contribution in [0.3, 0.4) is 0 Å². The quantitative estimate of drug-likeness (QED) is 0.0319. The summed E-state index contributed by atoms with van der Waals surface area (Å²) in [5, 5.41) is 24.1. The van der Waals surface area contributed by atoms with E-state index in [9.17, 15) is 48.2 Å².